The second kappa shape index (κ2) is 6.33. The lowest BCUT2D eigenvalue weighted by atomic mass is 10.1. The topological polar surface area (TPSA) is 32.5 Å². The van der Waals surface area contributed by atoms with Crippen LogP contribution in [0.2, 0.25) is 0 Å². The van der Waals surface area contributed by atoms with Gasteiger partial charge in [-0.25, -0.2) is 0 Å². The van der Waals surface area contributed by atoms with E-state index in [4.69, 9.17) is 18.0 Å². The third kappa shape index (κ3) is 4.26. The predicted octanol–water partition coefficient (Wildman–Crippen LogP) is 2.08. The van der Waals surface area contributed by atoms with Crippen LogP contribution in [0.15, 0.2) is 22.7 Å². The Morgan fingerprint density at radius 1 is 1.29 bits per heavy atom. The van der Waals surface area contributed by atoms with E-state index in [1.54, 1.807) is 0 Å². The van der Waals surface area contributed by atoms with Crippen molar-refractivity contribution in [2.75, 3.05) is 39.1 Å². The molecule has 0 radical (unpaired) electrons. The number of rotatable bonds is 5. The van der Waals surface area contributed by atoms with E-state index in [2.05, 4.69) is 46.9 Å². The van der Waals surface area contributed by atoms with Crippen LogP contribution in [0.25, 0.3) is 0 Å². The molecule has 0 spiro atoms. The zero-order valence-electron chi connectivity index (χ0n) is 10.4. The van der Waals surface area contributed by atoms with Gasteiger partial charge in [-0.3, -0.25) is 0 Å². The molecule has 0 heterocycles. The summed E-state index contributed by atoms with van der Waals surface area (Å²) in [5, 5.41) is 0. The Hall–Kier alpha value is -0.650. The van der Waals surface area contributed by atoms with Crippen molar-refractivity contribution in [3.8, 4) is 0 Å². The number of nitrogens with two attached hydrogens (primary N) is 1. The van der Waals surface area contributed by atoms with E-state index in [9.17, 15) is 0 Å². The SMILES string of the molecule is CN(C)CCN(C)c1ccc(Br)cc1C(N)=S. The Balaban J connectivity index is 2.92. The van der Waals surface area contributed by atoms with Crippen LogP contribution in [0, 0.1) is 0 Å². The van der Waals surface area contributed by atoms with Crippen molar-refractivity contribution in [1.82, 2.24) is 4.90 Å². The molecule has 3 nitrogen and oxygen atoms in total. The lowest BCUT2D eigenvalue weighted by Crippen LogP contribution is -2.30. The summed E-state index contributed by atoms with van der Waals surface area (Å²) in [7, 11) is 6.17. The fourth-order valence-corrected chi connectivity index (χ4v) is 2.03. The normalized spacial score (nSPS) is 10.6. The summed E-state index contributed by atoms with van der Waals surface area (Å²) in [6, 6.07) is 6.00. The molecule has 0 saturated carbocycles. The average molecular weight is 316 g/mol. The van der Waals surface area contributed by atoms with E-state index in [1.165, 1.54) is 0 Å². The predicted molar refractivity (Wildman–Crippen MR) is 81.9 cm³/mol. The first-order chi connectivity index (χ1) is 7.91. The van der Waals surface area contributed by atoms with Crippen LogP contribution in [-0.4, -0.2) is 44.1 Å². The summed E-state index contributed by atoms with van der Waals surface area (Å²) < 4.78 is 0.991. The molecule has 0 aliphatic rings. The summed E-state index contributed by atoms with van der Waals surface area (Å²) in [6.07, 6.45) is 0. The van der Waals surface area contributed by atoms with Gasteiger partial charge in [0.1, 0.15) is 4.99 Å². The van der Waals surface area contributed by atoms with Gasteiger partial charge >= 0.3 is 0 Å². The van der Waals surface area contributed by atoms with E-state index < -0.39 is 0 Å². The smallest absolute Gasteiger partial charge is 0.106 e. The highest BCUT2D eigenvalue weighted by molar-refractivity contribution is 9.10. The van der Waals surface area contributed by atoms with Gasteiger partial charge in [0, 0.05) is 35.9 Å². The van der Waals surface area contributed by atoms with E-state index in [0.29, 0.717) is 4.99 Å². The van der Waals surface area contributed by atoms with Crippen molar-refractivity contribution in [2.24, 2.45) is 5.73 Å². The van der Waals surface area contributed by atoms with Gasteiger partial charge in [-0.05, 0) is 32.3 Å². The van der Waals surface area contributed by atoms with E-state index in [1.807, 2.05) is 18.2 Å². The maximum Gasteiger partial charge on any atom is 0.106 e. The summed E-state index contributed by atoms with van der Waals surface area (Å²) in [4.78, 5) is 4.74. The molecule has 94 valence electrons. The van der Waals surface area contributed by atoms with E-state index in [0.717, 1.165) is 28.8 Å². The highest BCUT2D eigenvalue weighted by Gasteiger charge is 2.10. The molecule has 0 unspecified atom stereocenters. The van der Waals surface area contributed by atoms with E-state index >= 15 is 0 Å². The van der Waals surface area contributed by atoms with Crippen LogP contribution >= 0.6 is 28.1 Å². The molecule has 0 amide bonds. The van der Waals surface area contributed by atoms with Crippen LogP contribution < -0.4 is 10.6 Å². The van der Waals surface area contributed by atoms with Crippen molar-refractivity contribution in [3.63, 3.8) is 0 Å². The third-order valence-electron chi connectivity index (χ3n) is 2.52. The summed E-state index contributed by atoms with van der Waals surface area (Å²) >= 11 is 8.52. The zero-order valence-corrected chi connectivity index (χ0v) is 12.8. The number of anilines is 1. The molecule has 1 rings (SSSR count). The highest BCUT2D eigenvalue weighted by Crippen LogP contribution is 2.23. The van der Waals surface area contributed by atoms with Crippen molar-refractivity contribution in [3.05, 3.63) is 28.2 Å². The molecule has 0 saturated heterocycles. The lowest BCUT2D eigenvalue weighted by Gasteiger charge is -2.24. The Labute approximate surface area is 117 Å². The van der Waals surface area contributed by atoms with Gasteiger partial charge in [0.15, 0.2) is 0 Å². The second-order valence-electron chi connectivity index (χ2n) is 4.25. The molecule has 1 aromatic rings. The lowest BCUT2D eigenvalue weighted by molar-refractivity contribution is 0.416. The van der Waals surface area contributed by atoms with Crippen LogP contribution in [0.5, 0.6) is 0 Å². The number of halogens is 1. The molecule has 0 aromatic heterocycles. The Morgan fingerprint density at radius 3 is 2.47 bits per heavy atom. The minimum absolute atomic E-state index is 0.429. The Kier molecular flexibility index (Phi) is 5.36. The largest absolute Gasteiger partial charge is 0.389 e. The number of likely N-dealkylation sites (N-methyl/N-ethyl adjacent to an activating group) is 2. The minimum Gasteiger partial charge on any atom is -0.389 e. The van der Waals surface area contributed by atoms with Crippen LogP contribution in [-0.2, 0) is 0 Å². The number of benzene rings is 1. The van der Waals surface area contributed by atoms with Gasteiger partial charge in [0.25, 0.3) is 0 Å². The fourth-order valence-electron chi connectivity index (χ4n) is 1.51. The van der Waals surface area contributed by atoms with Gasteiger partial charge < -0.3 is 15.5 Å². The molecular formula is C12H18BrN3S. The minimum atomic E-state index is 0.429. The summed E-state index contributed by atoms with van der Waals surface area (Å²) in [5.74, 6) is 0. The van der Waals surface area contributed by atoms with Crippen molar-refractivity contribution in [2.45, 2.75) is 0 Å². The standard InChI is InChI=1S/C12H18BrN3S/c1-15(2)6-7-16(3)11-5-4-9(13)8-10(11)12(14)17/h4-5,8H,6-7H2,1-3H3,(H2,14,17). The molecule has 0 atom stereocenters. The Morgan fingerprint density at radius 2 is 1.94 bits per heavy atom. The van der Waals surface area contributed by atoms with Gasteiger partial charge in [-0.1, -0.05) is 28.1 Å². The maximum atomic E-state index is 5.75. The first-order valence-corrected chi connectivity index (χ1v) is 6.57. The van der Waals surface area contributed by atoms with E-state index in [-0.39, 0.29) is 0 Å². The van der Waals surface area contributed by atoms with Gasteiger partial charge in [0.2, 0.25) is 0 Å². The molecule has 0 aliphatic carbocycles. The number of nitrogens with zero attached hydrogens (tertiary/aromatic N) is 2. The summed E-state index contributed by atoms with van der Waals surface area (Å²) in [6.45, 7) is 1.92. The molecule has 17 heavy (non-hydrogen) atoms. The van der Waals surface area contributed by atoms with Crippen LogP contribution in [0.1, 0.15) is 5.56 Å². The van der Waals surface area contributed by atoms with Gasteiger partial charge in [-0.2, -0.15) is 0 Å². The Bertz CT molecular complexity index is 407. The monoisotopic (exact) mass is 315 g/mol. The fraction of sp³-hybridized carbons (Fsp3) is 0.417. The second-order valence-corrected chi connectivity index (χ2v) is 5.61. The van der Waals surface area contributed by atoms with Gasteiger partial charge in [-0.15, -0.1) is 0 Å². The molecule has 2 N–H and O–H groups in total. The summed E-state index contributed by atoms with van der Waals surface area (Å²) in [5.41, 5.74) is 7.74. The first kappa shape index (κ1) is 14.4. The molecule has 0 aliphatic heterocycles. The molecule has 0 bridgehead atoms. The average Bonchev–Trinajstić information content (AvgIpc) is 2.25. The van der Waals surface area contributed by atoms with Crippen molar-refractivity contribution < 1.29 is 0 Å². The molecule has 0 fully saturated rings. The highest BCUT2D eigenvalue weighted by atomic mass is 79.9. The van der Waals surface area contributed by atoms with Crippen molar-refractivity contribution in [1.29, 1.82) is 0 Å². The number of hydrogen-bond acceptors (Lipinski definition) is 3. The maximum absolute atomic E-state index is 5.75. The van der Waals surface area contributed by atoms with Crippen LogP contribution in [0.3, 0.4) is 0 Å². The number of hydrogen-bond donors (Lipinski definition) is 1. The first-order valence-electron chi connectivity index (χ1n) is 5.37. The molecular weight excluding hydrogens is 298 g/mol. The zero-order chi connectivity index (χ0) is 13.0. The quantitative estimate of drug-likeness (QED) is 0.843. The third-order valence-corrected chi connectivity index (χ3v) is 3.23. The molecule has 5 heteroatoms. The van der Waals surface area contributed by atoms with Crippen molar-refractivity contribution >= 4 is 38.8 Å². The number of thiocarbonyl (C=S) groups is 1. The molecule has 1 aromatic carbocycles. The van der Waals surface area contributed by atoms with Crippen LogP contribution in [0.4, 0.5) is 5.69 Å². The van der Waals surface area contributed by atoms with Gasteiger partial charge in [0.05, 0.1) is 0 Å².